The molecule has 0 aromatic heterocycles. The highest BCUT2D eigenvalue weighted by Gasteiger charge is 2.35. The fraction of sp³-hybridized carbons (Fsp3) is 0.556. The number of cyclic esters (lactones) is 1. The van der Waals surface area contributed by atoms with Crippen LogP contribution in [0.5, 0.6) is 0 Å². The molecule has 0 saturated heterocycles. The predicted octanol–water partition coefficient (Wildman–Crippen LogP) is 1.09. The van der Waals surface area contributed by atoms with Gasteiger partial charge in [-0.3, -0.25) is 4.79 Å². The van der Waals surface area contributed by atoms with Crippen molar-refractivity contribution in [2.24, 2.45) is 0 Å². The van der Waals surface area contributed by atoms with Gasteiger partial charge in [-0.05, 0) is 6.92 Å². The van der Waals surface area contributed by atoms with E-state index in [1.54, 1.807) is 13.8 Å². The summed E-state index contributed by atoms with van der Waals surface area (Å²) in [5.74, 6) is -2.26. The Morgan fingerprint density at radius 1 is 1.36 bits per heavy atom. The predicted molar refractivity (Wildman–Crippen MR) is 45.7 cm³/mol. The first kappa shape index (κ1) is 10.6. The zero-order chi connectivity index (χ0) is 10.9. The van der Waals surface area contributed by atoms with Gasteiger partial charge in [0.2, 0.25) is 0 Å². The smallest absolute Gasteiger partial charge is 0.344 e. The van der Waals surface area contributed by atoms with E-state index >= 15 is 0 Å². The molecule has 78 valence electrons. The van der Waals surface area contributed by atoms with Crippen molar-refractivity contribution >= 4 is 11.9 Å². The van der Waals surface area contributed by atoms with E-state index in [0.717, 1.165) is 0 Å². The molecule has 0 aliphatic carbocycles. The Bertz CT molecular complexity index is 313. The van der Waals surface area contributed by atoms with Crippen molar-refractivity contribution in [3.8, 4) is 0 Å². The molecule has 0 aromatic carbocycles. The average molecular weight is 200 g/mol. The number of carbonyl (C=O) groups excluding carboxylic acids is 2. The quantitative estimate of drug-likeness (QED) is 0.593. The van der Waals surface area contributed by atoms with Gasteiger partial charge in [-0.1, -0.05) is 0 Å². The van der Waals surface area contributed by atoms with E-state index in [1.807, 2.05) is 0 Å². The molecular formula is C9H12O5. The van der Waals surface area contributed by atoms with Crippen LogP contribution in [0.25, 0.3) is 0 Å². The molecule has 1 aliphatic heterocycles. The minimum absolute atomic E-state index is 0.0845. The van der Waals surface area contributed by atoms with Crippen LogP contribution in [0.2, 0.25) is 0 Å². The molecule has 0 saturated carbocycles. The van der Waals surface area contributed by atoms with Crippen molar-refractivity contribution < 1.29 is 23.8 Å². The Morgan fingerprint density at radius 3 is 2.43 bits per heavy atom. The average Bonchev–Trinajstić information content (AvgIpc) is 1.97. The van der Waals surface area contributed by atoms with Crippen LogP contribution in [0.1, 0.15) is 27.7 Å². The summed E-state index contributed by atoms with van der Waals surface area (Å²) in [7, 11) is 0. The fourth-order valence-electron chi connectivity index (χ4n) is 0.932. The first-order chi connectivity index (χ1) is 6.32. The molecule has 0 atom stereocenters. The summed E-state index contributed by atoms with van der Waals surface area (Å²) in [6.45, 7) is 5.81. The van der Waals surface area contributed by atoms with Gasteiger partial charge in [-0.2, -0.15) is 0 Å². The minimum Gasteiger partial charge on any atom is -0.422 e. The highest BCUT2D eigenvalue weighted by Crippen LogP contribution is 2.26. The zero-order valence-corrected chi connectivity index (χ0v) is 8.54. The van der Waals surface area contributed by atoms with E-state index in [-0.39, 0.29) is 11.5 Å². The number of hydrogen-bond donors (Lipinski definition) is 0. The molecule has 0 fully saturated rings. The van der Waals surface area contributed by atoms with Crippen molar-refractivity contribution in [2.75, 3.05) is 0 Å². The maximum Gasteiger partial charge on any atom is 0.344 e. The summed E-state index contributed by atoms with van der Waals surface area (Å²) < 4.78 is 14.8. The molecule has 0 radical (unpaired) electrons. The van der Waals surface area contributed by atoms with Gasteiger partial charge in [-0.15, -0.1) is 0 Å². The maximum absolute atomic E-state index is 11.3. The summed E-state index contributed by atoms with van der Waals surface area (Å²) >= 11 is 0. The number of esters is 2. The molecule has 0 spiro atoms. The topological polar surface area (TPSA) is 61.8 Å². The van der Waals surface area contributed by atoms with E-state index in [2.05, 4.69) is 0 Å². The largest absolute Gasteiger partial charge is 0.422 e. The van der Waals surface area contributed by atoms with E-state index in [4.69, 9.17) is 14.2 Å². The molecule has 0 unspecified atom stereocenters. The molecule has 0 bridgehead atoms. The van der Waals surface area contributed by atoms with Crippen LogP contribution in [-0.4, -0.2) is 17.7 Å². The molecule has 1 rings (SSSR count). The summed E-state index contributed by atoms with van der Waals surface area (Å²) in [6.07, 6.45) is 0. The number of carbonyl (C=O) groups is 2. The number of ether oxygens (including phenoxy) is 3. The Hall–Kier alpha value is -1.52. The van der Waals surface area contributed by atoms with Crippen LogP contribution >= 0.6 is 0 Å². The minimum atomic E-state index is -1.10. The standard InChI is InChI=1S/C9H12O5/c1-5-7(11)13-9(3,4)14-8(5)12-6(2)10/h1-4H3. The first-order valence-corrected chi connectivity index (χ1v) is 4.13. The van der Waals surface area contributed by atoms with Crippen LogP contribution in [0.15, 0.2) is 11.5 Å². The molecule has 0 aromatic rings. The third kappa shape index (κ3) is 2.25. The van der Waals surface area contributed by atoms with Gasteiger partial charge in [0.05, 0.1) is 0 Å². The van der Waals surface area contributed by atoms with Gasteiger partial charge in [0, 0.05) is 20.8 Å². The van der Waals surface area contributed by atoms with Crippen LogP contribution in [0.4, 0.5) is 0 Å². The summed E-state index contributed by atoms with van der Waals surface area (Å²) in [4.78, 5) is 21.9. The van der Waals surface area contributed by atoms with E-state index < -0.39 is 17.7 Å². The normalized spacial score (nSPS) is 19.9. The summed E-state index contributed by atoms with van der Waals surface area (Å²) in [5, 5.41) is 0. The zero-order valence-electron chi connectivity index (χ0n) is 8.54. The second-order valence-electron chi connectivity index (χ2n) is 3.40. The van der Waals surface area contributed by atoms with Crippen LogP contribution in [0, 0.1) is 0 Å². The van der Waals surface area contributed by atoms with Gasteiger partial charge in [0.25, 0.3) is 5.79 Å². The van der Waals surface area contributed by atoms with Gasteiger partial charge >= 0.3 is 17.9 Å². The van der Waals surface area contributed by atoms with Crippen molar-refractivity contribution in [3.05, 3.63) is 11.5 Å². The van der Waals surface area contributed by atoms with Crippen molar-refractivity contribution in [2.45, 2.75) is 33.5 Å². The van der Waals surface area contributed by atoms with Crippen LogP contribution in [-0.2, 0) is 23.8 Å². The third-order valence-electron chi connectivity index (χ3n) is 1.53. The van der Waals surface area contributed by atoms with Gasteiger partial charge in [0.1, 0.15) is 5.57 Å². The second kappa shape index (κ2) is 3.32. The van der Waals surface area contributed by atoms with Gasteiger partial charge in [0.15, 0.2) is 0 Å². The van der Waals surface area contributed by atoms with Crippen LogP contribution < -0.4 is 0 Å². The Morgan fingerprint density at radius 2 is 1.93 bits per heavy atom. The van der Waals surface area contributed by atoms with E-state index in [1.165, 1.54) is 13.8 Å². The molecule has 5 nitrogen and oxygen atoms in total. The summed E-state index contributed by atoms with van der Waals surface area (Å²) in [6, 6.07) is 0. The van der Waals surface area contributed by atoms with Gasteiger partial charge in [-0.25, -0.2) is 4.79 Å². The molecule has 14 heavy (non-hydrogen) atoms. The lowest BCUT2D eigenvalue weighted by atomic mass is 10.2. The molecule has 0 N–H and O–H groups in total. The lowest BCUT2D eigenvalue weighted by Crippen LogP contribution is -2.37. The highest BCUT2D eigenvalue weighted by molar-refractivity contribution is 5.89. The third-order valence-corrected chi connectivity index (χ3v) is 1.53. The Labute approximate surface area is 81.6 Å². The number of rotatable bonds is 1. The summed E-state index contributed by atoms with van der Waals surface area (Å²) in [5.41, 5.74) is 0.152. The first-order valence-electron chi connectivity index (χ1n) is 4.13. The van der Waals surface area contributed by atoms with Crippen molar-refractivity contribution in [1.82, 2.24) is 0 Å². The van der Waals surface area contributed by atoms with Crippen LogP contribution in [0.3, 0.4) is 0 Å². The maximum atomic E-state index is 11.3. The van der Waals surface area contributed by atoms with Crippen molar-refractivity contribution in [1.29, 1.82) is 0 Å². The van der Waals surface area contributed by atoms with Gasteiger partial charge < -0.3 is 14.2 Å². The van der Waals surface area contributed by atoms with E-state index in [0.29, 0.717) is 0 Å². The molecular weight excluding hydrogens is 188 g/mol. The molecule has 1 aliphatic rings. The van der Waals surface area contributed by atoms with E-state index in [9.17, 15) is 9.59 Å². The molecule has 0 amide bonds. The monoisotopic (exact) mass is 200 g/mol. The number of hydrogen-bond acceptors (Lipinski definition) is 5. The van der Waals surface area contributed by atoms with Crippen molar-refractivity contribution in [3.63, 3.8) is 0 Å². The Kier molecular flexibility index (Phi) is 2.51. The molecule has 1 heterocycles. The highest BCUT2D eigenvalue weighted by atomic mass is 16.8. The fourth-order valence-corrected chi connectivity index (χ4v) is 0.932. The lowest BCUT2D eigenvalue weighted by molar-refractivity contribution is -0.225. The SMILES string of the molecule is CC(=O)OC1=C(C)C(=O)OC(C)(C)O1. The Balaban J connectivity index is 2.94. The lowest BCUT2D eigenvalue weighted by Gasteiger charge is -2.31. The second-order valence-corrected chi connectivity index (χ2v) is 3.40. The molecule has 5 heteroatoms.